The van der Waals surface area contributed by atoms with Crippen molar-refractivity contribution in [3.8, 4) is 0 Å². The summed E-state index contributed by atoms with van der Waals surface area (Å²) in [6.45, 7) is 8.73. The smallest absolute Gasteiger partial charge is 0.305 e. The summed E-state index contributed by atoms with van der Waals surface area (Å²) < 4.78 is 0. The molecule has 0 radical (unpaired) electrons. The van der Waals surface area contributed by atoms with Gasteiger partial charge in [-0.3, -0.25) is 48.5 Å². The number of nitro groups is 1. The molecule has 1 rings (SSSR count). The lowest BCUT2D eigenvalue weighted by Gasteiger charge is -2.28. The third-order valence-corrected chi connectivity index (χ3v) is 6.68. The van der Waals surface area contributed by atoms with Gasteiger partial charge in [-0.2, -0.15) is 0 Å². The van der Waals surface area contributed by atoms with Gasteiger partial charge in [0, 0.05) is 24.7 Å². The molecule has 8 N–H and O–H groups in total. The first-order chi connectivity index (χ1) is 22.2. The lowest BCUT2D eigenvalue weighted by molar-refractivity contribution is -0.384. The maximum atomic E-state index is 13.2. The number of aliphatic carboxylic acids is 2. The molecule has 0 fully saturated rings. The Balaban J connectivity index is 3.03. The van der Waals surface area contributed by atoms with Crippen molar-refractivity contribution in [1.82, 2.24) is 26.6 Å². The van der Waals surface area contributed by atoms with Gasteiger partial charge in [0.05, 0.1) is 17.8 Å². The summed E-state index contributed by atoms with van der Waals surface area (Å²) in [5.41, 5.74) is -0.174. The fourth-order valence-corrected chi connectivity index (χ4v) is 4.13. The van der Waals surface area contributed by atoms with Crippen LogP contribution in [0, 0.1) is 22.0 Å². The van der Waals surface area contributed by atoms with E-state index in [-0.39, 0.29) is 11.4 Å². The largest absolute Gasteiger partial charge is 0.481 e. The van der Waals surface area contributed by atoms with Gasteiger partial charge in [-0.15, -0.1) is 0 Å². The topological polar surface area (TPSA) is 292 Å². The Morgan fingerprint density at radius 2 is 1.08 bits per heavy atom. The van der Waals surface area contributed by atoms with Crippen molar-refractivity contribution >= 4 is 58.8 Å². The molecule has 0 aliphatic carbocycles. The molecule has 0 heterocycles. The van der Waals surface area contributed by atoms with E-state index < -0.39 is 107 Å². The van der Waals surface area contributed by atoms with Crippen LogP contribution in [0.4, 0.5) is 11.4 Å². The quantitative estimate of drug-likeness (QED) is 0.0703. The van der Waals surface area contributed by atoms with Gasteiger partial charge in [0.25, 0.3) is 5.69 Å². The minimum atomic E-state index is -1.65. The van der Waals surface area contributed by atoms with Crippen LogP contribution in [0.15, 0.2) is 24.3 Å². The number of amides is 6. The van der Waals surface area contributed by atoms with Crippen LogP contribution < -0.4 is 31.9 Å². The van der Waals surface area contributed by atoms with Crippen LogP contribution in [0.2, 0.25) is 0 Å². The van der Waals surface area contributed by atoms with Gasteiger partial charge in [0.1, 0.15) is 30.2 Å². The second kappa shape index (κ2) is 18.5. The lowest BCUT2D eigenvalue weighted by atomic mass is 10.0. The molecular weight excluding hydrogens is 638 g/mol. The van der Waals surface area contributed by atoms with Crippen molar-refractivity contribution in [2.75, 3.05) is 5.32 Å². The summed E-state index contributed by atoms with van der Waals surface area (Å²) in [7, 11) is 0. The van der Waals surface area contributed by atoms with E-state index in [0.717, 1.165) is 12.1 Å². The number of benzene rings is 1. The molecule has 0 unspecified atom stereocenters. The molecule has 0 spiro atoms. The van der Waals surface area contributed by atoms with Crippen molar-refractivity contribution in [2.24, 2.45) is 11.8 Å². The van der Waals surface area contributed by atoms with Crippen molar-refractivity contribution in [3.05, 3.63) is 34.4 Å². The van der Waals surface area contributed by atoms with Gasteiger partial charge in [-0.1, -0.05) is 27.7 Å². The number of carboxylic acid groups (broad SMARTS) is 2. The van der Waals surface area contributed by atoms with Gasteiger partial charge in [0.2, 0.25) is 35.4 Å². The van der Waals surface area contributed by atoms with Crippen molar-refractivity contribution < 1.29 is 53.5 Å². The third kappa shape index (κ3) is 13.4. The van der Waals surface area contributed by atoms with Crippen LogP contribution in [-0.4, -0.2) is 92.7 Å². The molecule has 1 aromatic carbocycles. The normalized spacial score (nSPS) is 13.9. The number of nitrogens with zero attached hydrogens (tertiary/aromatic N) is 1. The van der Waals surface area contributed by atoms with Crippen LogP contribution in [-0.2, 0) is 38.4 Å². The molecular formula is C29H41N7O12. The predicted molar refractivity (Wildman–Crippen MR) is 167 cm³/mol. The van der Waals surface area contributed by atoms with E-state index in [2.05, 4.69) is 31.9 Å². The number of nitro benzene ring substituents is 1. The van der Waals surface area contributed by atoms with Crippen LogP contribution in [0.3, 0.4) is 0 Å². The second-order valence-corrected chi connectivity index (χ2v) is 11.5. The maximum absolute atomic E-state index is 13.2. The molecule has 19 heteroatoms. The zero-order valence-corrected chi connectivity index (χ0v) is 27.2. The summed E-state index contributed by atoms with van der Waals surface area (Å²) in [4.78, 5) is 109. The Hall–Kier alpha value is -5.62. The summed E-state index contributed by atoms with van der Waals surface area (Å²) in [6, 6.07) is -2.47. The average Bonchev–Trinajstić information content (AvgIpc) is 2.96. The van der Waals surface area contributed by atoms with E-state index in [4.69, 9.17) is 0 Å². The Kier molecular flexibility index (Phi) is 15.6. The Labute approximate surface area is 275 Å². The van der Waals surface area contributed by atoms with Crippen molar-refractivity contribution in [3.63, 3.8) is 0 Å². The first kappa shape index (κ1) is 40.4. The van der Waals surface area contributed by atoms with Crippen LogP contribution >= 0.6 is 0 Å². The lowest BCUT2D eigenvalue weighted by Crippen LogP contribution is -2.60. The van der Waals surface area contributed by atoms with E-state index in [1.807, 2.05) is 0 Å². The summed E-state index contributed by atoms with van der Waals surface area (Å²) in [5, 5.41) is 43.4. The number of carbonyl (C=O) groups excluding carboxylic acids is 6. The highest BCUT2D eigenvalue weighted by atomic mass is 16.6. The van der Waals surface area contributed by atoms with E-state index in [9.17, 15) is 58.7 Å². The number of non-ortho nitro benzene ring substituents is 1. The van der Waals surface area contributed by atoms with E-state index in [1.165, 1.54) is 39.8 Å². The summed E-state index contributed by atoms with van der Waals surface area (Å²) >= 11 is 0. The van der Waals surface area contributed by atoms with Crippen LogP contribution in [0.25, 0.3) is 0 Å². The van der Waals surface area contributed by atoms with Gasteiger partial charge in [-0.05, 0) is 30.9 Å². The zero-order chi connectivity index (χ0) is 36.9. The number of carbonyl (C=O) groups is 8. The van der Waals surface area contributed by atoms with Gasteiger partial charge in [-0.25, -0.2) is 0 Å². The first-order valence-electron chi connectivity index (χ1n) is 14.7. The molecule has 0 aromatic heterocycles. The molecule has 19 nitrogen and oxygen atoms in total. The fraction of sp³-hybridized carbons (Fsp3) is 0.517. The Morgan fingerprint density at radius 3 is 1.52 bits per heavy atom. The number of anilines is 1. The monoisotopic (exact) mass is 679 g/mol. The SMILES string of the molecule is CC(=O)N[C@H](C(=O)N[C@H](CC(=O)O)C(=O)N[C@H](C(=O)N[C@@H](C)C(=O)N[C@H](CC(=O)O)C(=O)Nc1ccc([N+](=O)[O-])cc1)C(C)C)C(C)C. The number of carboxylic acids is 2. The average molecular weight is 680 g/mol. The van der Waals surface area contributed by atoms with Gasteiger partial charge in [0.15, 0.2) is 0 Å². The number of rotatable bonds is 18. The van der Waals surface area contributed by atoms with Crippen LogP contribution in [0.5, 0.6) is 0 Å². The fourth-order valence-electron chi connectivity index (χ4n) is 4.13. The number of hydrogen-bond acceptors (Lipinski definition) is 10. The highest BCUT2D eigenvalue weighted by molar-refractivity contribution is 6.01. The molecule has 0 bridgehead atoms. The van der Waals surface area contributed by atoms with Gasteiger partial charge >= 0.3 is 11.9 Å². The van der Waals surface area contributed by atoms with E-state index >= 15 is 0 Å². The maximum Gasteiger partial charge on any atom is 0.305 e. The first-order valence-corrected chi connectivity index (χ1v) is 14.7. The van der Waals surface area contributed by atoms with Crippen molar-refractivity contribution in [1.29, 1.82) is 0 Å². The molecule has 5 atom stereocenters. The molecule has 6 amide bonds. The van der Waals surface area contributed by atoms with E-state index in [0.29, 0.717) is 0 Å². The zero-order valence-electron chi connectivity index (χ0n) is 27.2. The molecule has 1 aromatic rings. The number of hydrogen-bond donors (Lipinski definition) is 8. The molecule has 48 heavy (non-hydrogen) atoms. The molecule has 264 valence electrons. The molecule has 0 saturated heterocycles. The van der Waals surface area contributed by atoms with Crippen LogP contribution in [0.1, 0.15) is 54.4 Å². The van der Waals surface area contributed by atoms with Crippen molar-refractivity contribution in [2.45, 2.75) is 84.6 Å². The third-order valence-electron chi connectivity index (χ3n) is 6.68. The molecule has 0 saturated carbocycles. The highest BCUT2D eigenvalue weighted by Crippen LogP contribution is 2.16. The predicted octanol–water partition coefficient (Wildman–Crippen LogP) is -0.741. The second-order valence-electron chi connectivity index (χ2n) is 11.5. The molecule has 0 aliphatic heterocycles. The minimum absolute atomic E-state index is 0.0827. The highest BCUT2D eigenvalue weighted by Gasteiger charge is 2.34. The summed E-state index contributed by atoms with van der Waals surface area (Å²) in [6.07, 6.45) is -1.72. The number of nitrogens with one attached hydrogen (secondary N) is 6. The Morgan fingerprint density at radius 1 is 0.646 bits per heavy atom. The van der Waals surface area contributed by atoms with E-state index in [1.54, 1.807) is 13.8 Å². The minimum Gasteiger partial charge on any atom is -0.481 e. The van der Waals surface area contributed by atoms with Gasteiger partial charge < -0.3 is 42.1 Å². The standard InChI is InChI=1S/C29H41N7O12/c1-13(2)23(31-16(6)37)29(46)34-20(12-22(40)41)27(44)35-24(14(3)4)28(45)30-15(5)25(42)33-19(11-21(38)39)26(43)32-17-7-9-18(10-8-17)36(47)48/h7-10,13-15,19-20,23-24H,11-12H2,1-6H3,(H,30,45)(H,31,37)(H,32,43)(H,33,42)(H,34,46)(H,35,44)(H,38,39)(H,40,41)/t15-,19+,20+,23-,24-/m0/s1. The molecule has 0 aliphatic rings. The summed E-state index contributed by atoms with van der Waals surface area (Å²) in [5.74, 6) is -9.17. The Bertz CT molecular complexity index is 1400.